The van der Waals surface area contributed by atoms with Gasteiger partial charge in [-0.2, -0.15) is 0 Å². The minimum absolute atomic E-state index is 0.0124. The zero-order valence-corrected chi connectivity index (χ0v) is 36.6. The van der Waals surface area contributed by atoms with Gasteiger partial charge in [-0.15, -0.1) is 0 Å². The van der Waals surface area contributed by atoms with Crippen LogP contribution in [0.2, 0.25) is 0 Å². The van der Waals surface area contributed by atoms with Crippen LogP contribution in [0.1, 0.15) is 144 Å². The van der Waals surface area contributed by atoms with Gasteiger partial charge in [0.25, 0.3) is 0 Å². The fraction of sp³-hybridized carbons (Fsp3) is 0.471. The largest absolute Gasteiger partial charge is 0.511 e. The molecule has 0 saturated carbocycles. The lowest BCUT2D eigenvalue weighted by atomic mass is 9.86. The second kappa shape index (κ2) is 20.8. The van der Waals surface area contributed by atoms with Crippen molar-refractivity contribution in [3.8, 4) is 0 Å². The molecule has 0 unspecified atom stereocenters. The first-order valence-electron chi connectivity index (χ1n) is 22.4. The maximum Gasteiger partial charge on any atom is 0.311 e. The van der Waals surface area contributed by atoms with Gasteiger partial charge in [0.05, 0.1) is 28.5 Å². The Morgan fingerprint density at radius 1 is 0.800 bits per heavy atom. The molecule has 2 atom stereocenters. The van der Waals surface area contributed by atoms with Gasteiger partial charge in [0, 0.05) is 59.2 Å². The number of carbonyl (C=O) groups excluding carboxylic acids is 1. The molecule has 1 fully saturated rings. The number of aliphatic hydroxyl groups excluding tert-OH is 1. The van der Waals surface area contributed by atoms with Crippen LogP contribution < -0.4 is 5.32 Å². The number of aliphatic imine (C=N–C) groups is 3. The number of nitrogens with one attached hydrogen (secondary N) is 1. The summed E-state index contributed by atoms with van der Waals surface area (Å²) >= 11 is 0. The lowest BCUT2D eigenvalue weighted by molar-refractivity contribution is -0.139. The molecule has 1 aliphatic carbocycles. The first-order chi connectivity index (χ1) is 29.0. The van der Waals surface area contributed by atoms with Gasteiger partial charge in [0.1, 0.15) is 11.5 Å². The van der Waals surface area contributed by atoms with Gasteiger partial charge in [-0.25, -0.2) is 15.0 Å². The summed E-state index contributed by atoms with van der Waals surface area (Å²) in [6.07, 6.45) is 33.2. The van der Waals surface area contributed by atoms with E-state index in [0.29, 0.717) is 36.4 Å². The zero-order valence-electron chi connectivity index (χ0n) is 36.6. The van der Waals surface area contributed by atoms with E-state index in [2.05, 4.69) is 69.5 Å². The number of carbonyl (C=O) groups is 2. The summed E-state index contributed by atoms with van der Waals surface area (Å²) in [5.41, 5.74) is 11.4. The molecule has 318 valence electrons. The Kier molecular flexibility index (Phi) is 15.3. The van der Waals surface area contributed by atoms with Gasteiger partial charge < -0.3 is 20.3 Å². The van der Waals surface area contributed by atoms with E-state index in [-0.39, 0.29) is 30.0 Å². The SMILES string of the molecule is CCCCCC/C=C/C/C=C/C/C=C/CCCCCC(=O)OC1=C(C)C2=NC1=CC1=NC(=CC3=C(C)C4=C(O)CC(=C5NC(=C2)[C@@H](C)[C@@H]5CCC(=O)O)C4=N3)C(CC)=C1C. The highest BCUT2D eigenvalue weighted by atomic mass is 16.5. The zero-order chi connectivity index (χ0) is 42.8. The van der Waals surface area contributed by atoms with Gasteiger partial charge >= 0.3 is 11.9 Å². The van der Waals surface area contributed by atoms with E-state index in [0.717, 1.165) is 113 Å². The molecule has 6 aliphatic rings. The fourth-order valence-corrected chi connectivity index (χ4v) is 8.83. The second-order valence-electron chi connectivity index (χ2n) is 16.7. The van der Waals surface area contributed by atoms with Crippen molar-refractivity contribution in [2.75, 3.05) is 0 Å². The third-order valence-electron chi connectivity index (χ3n) is 12.4. The average molecular weight is 813 g/mol. The van der Waals surface area contributed by atoms with Crippen molar-refractivity contribution in [3.05, 3.63) is 128 Å². The number of hydrogen-bond acceptors (Lipinski definition) is 8. The minimum atomic E-state index is -0.853. The van der Waals surface area contributed by atoms with Crippen LogP contribution in [-0.4, -0.2) is 39.3 Å². The molecule has 0 radical (unpaired) electrons. The molecule has 9 heteroatoms. The average Bonchev–Trinajstić information content (AvgIpc) is 3.97. The van der Waals surface area contributed by atoms with Crippen molar-refractivity contribution in [2.24, 2.45) is 26.8 Å². The van der Waals surface area contributed by atoms with Crippen LogP contribution in [0.4, 0.5) is 0 Å². The standard InChI is InChI=1S/C51H64N4O5/c1-7-9-10-11-12-13-14-15-16-17-18-19-20-21-22-23-24-25-47(59)60-51-35(6)42-29-40-33(4)37(26-27-46(57)58)49(54-40)38-28-45(56)48-34(5)41(55-50(38)48)30-43-36(8-2)32(3)39(52-43)31-44(51)53-42/h13-14,16-17,19-20,29-31,33,37,54,56H,7-12,15,18,21-28H2,1-6H3,(H,57,58)/b14-13+,17-16+,20-19+,40-29?,43-30?,44-31?,49-38?/t33-,37-/m0/s1. The van der Waals surface area contributed by atoms with Gasteiger partial charge in [-0.3, -0.25) is 9.59 Å². The van der Waals surface area contributed by atoms with Gasteiger partial charge in [-0.05, 0) is 114 Å². The van der Waals surface area contributed by atoms with Crippen LogP contribution in [0, 0.1) is 11.8 Å². The molecular formula is C51H64N4O5. The number of carboxylic acids is 1. The van der Waals surface area contributed by atoms with Crippen LogP contribution in [0.5, 0.6) is 0 Å². The van der Waals surface area contributed by atoms with Crippen molar-refractivity contribution < 1.29 is 24.5 Å². The van der Waals surface area contributed by atoms with E-state index in [9.17, 15) is 19.8 Å². The maximum absolute atomic E-state index is 13.4. The van der Waals surface area contributed by atoms with Crippen molar-refractivity contribution >= 4 is 29.1 Å². The summed E-state index contributed by atoms with van der Waals surface area (Å²) in [5.74, 6) is -0.639. The number of aliphatic hydroxyl groups is 1. The molecule has 60 heavy (non-hydrogen) atoms. The lowest BCUT2D eigenvalue weighted by Gasteiger charge is -2.17. The van der Waals surface area contributed by atoms with E-state index in [1.165, 1.54) is 32.1 Å². The summed E-state index contributed by atoms with van der Waals surface area (Å²) in [7, 11) is 0. The second-order valence-corrected chi connectivity index (χ2v) is 16.7. The normalized spacial score (nSPS) is 21.2. The molecular weight excluding hydrogens is 749 g/mol. The molecule has 0 spiro atoms. The number of rotatable bonds is 20. The molecule has 5 aliphatic heterocycles. The molecule has 3 N–H and O–H groups in total. The highest BCUT2D eigenvalue weighted by Gasteiger charge is 2.41. The number of ether oxygens (including phenoxy) is 1. The first-order valence-corrected chi connectivity index (χ1v) is 22.4. The summed E-state index contributed by atoms with van der Waals surface area (Å²) in [6, 6.07) is 0. The van der Waals surface area contributed by atoms with Crippen LogP contribution in [0.15, 0.2) is 143 Å². The fourth-order valence-electron chi connectivity index (χ4n) is 8.83. The van der Waals surface area contributed by atoms with Crippen molar-refractivity contribution in [1.82, 2.24) is 5.32 Å². The van der Waals surface area contributed by atoms with Crippen molar-refractivity contribution in [2.45, 2.75) is 144 Å². The van der Waals surface area contributed by atoms with E-state index in [1.54, 1.807) is 0 Å². The summed E-state index contributed by atoms with van der Waals surface area (Å²) in [4.78, 5) is 40.5. The molecule has 1 saturated heterocycles. The maximum atomic E-state index is 13.4. The Hall–Kier alpha value is -5.31. The predicted molar refractivity (Wildman–Crippen MR) is 243 cm³/mol. The Morgan fingerprint density at radius 3 is 2.15 bits per heavy atom. The lowest BCUT2D eigenvalue weighted by Crippen LogP contribution is -2.15. The highest BCUT2D eigenvalue weighted by molar-refractivity contribution is 6.21. The van der Waals surface area contributed by atoms with Crippen molar-refractivity contribution in [3.63, 3.8) is 0 Å². The highest BCUT2D eigenvalue weighted by Crippen LogP contribution is 2.46. The van der Waals surface area contributed by atoms with Gasteiger partial charge in [0.15, 0.2) is 5.76 Å². The number of nitrogens with zero attached hydrogens (tertiary/aromatic N) is 3. The smallest absolute Gasteiger partial charge is 0.311 e. The summed E-state index contributed by atoms with van der Waals surface area (Å²) in [6.45, 7) is 12.4. The third-order valence-corrected chi connectivity index (χ3v) is 12.4. The molecule has 0 amide bonds. The Labute approximate surface area is 357 Å². The number of esters is 1. The monoisotopic (exact) mass is 812 g/mol. The number of allylic oxidation sites excluding steroid dienone is 17. The summed E-state index contributed by atoms with van der Waals surface area (Å²) in [5, 5.41) is 24.6. The summed E-state index contributed by atoms with van der Waals surface area (Å²) < 4.78 is 6.17. The first kappa shape index (κ1) is 44.2. The van der Waals surface area contributed by atoms with Crippen LogP contribution in [0.25, 0.3) is 0 Å². The number of fused-ring (bicyclic) bond motifs is 5. The molecule has 5 heterocycles. The van der Waals surface area contributed by atoms with Crippen molar-refractivity contribution in [1.29, 1.82) is 0 Å². The Morgan fingerprint density at radius 2 is 1.47 bits per heavy atom. The number of aliphatic carboxylic acids is 1. The van der Waals surface area contributed by atoms with E-state index < -0.39 is 5.97 Å². The molecule has 6 rings (SSSR count). The third kappa shape index (κ3) is 10.3. The van der Waals surface area contributed by atoms with Crippen LogP contribution in [0.3, 0.4) is 0 Å². The van der Waals surface area contributed by atoms with E-state index >= 15 is 0 Å². The molecule has 0 aromatic heterocycles. The predicted octanol–water partition coefficient (Wildman–Crippen LogP) is 12.4. The van der Waals surface area contributed by atoms with Gasteiger partial charge in [0.2, 0.25) is 0 Å². The topological polar surface area (TPSA) is 133 Å². The molecule has 8 bridgehead atoms. The van der Waals surface area contributed by atoms with E-state index in [1.807, 2.05) is 32.1 Å². The number of carboxylic acid groups (broad SMARTS) is 1. The molecule has 0 aromatic carbocycles. The quantitative estimate of drug-likeness (QED) is 0.0637. The van der Waals surface area contributed by atoms with E-state index in [4.69, 9.17) is 19.7 Å². The molecule has 9 nitrogen and oxygen atoms in total. The molecule has 0 aromatic rings. The number of hydrogen-bond donors (Lipinski definition) is 3. The Balaban J connectivity index is 1.16. The Bertz CT molecular complexity index is 2190. The number of unbranched alkanes of at least 4 members (excludes halogenated alkanes) is 7. The van der Waals surface area contributed by atoms with Crippen LogP contribution >= 0.6 is 0 Å². The van der Waals surface area contributed by atoms with Gasteiger partial charge in [-0.1, -0.05) is 82.9 Å². The minimum Gasteiger partial charge on any atom is -0.511 e. The van der Waals surface area contributed by atoms with Crippen LogP contribution in [-0.2, 0) is 14.3 Å².